The topological polar surface area (TPSA) is 179 Å². The first-order valence-corrected chi connectivity index (χ1v) is 11.7. The van der Waals surface area contributed by atoms with Gasteiger partial charge in [0, 0.05) is 31.2 Å². The van der Waals surface area contributed by atoms with Gasteiger partial charge in [0.1, 0.15) is 12.1 Å². The fourth-order valence-corrected chi connectivity index (χ4v) is 3.65. The van der Waals surface area contributed by atoms with Crippen molar-refractivity contribution in [2.24, 2.45) is 5.73 Å². The van der Waals surface area contributed by atoms with Crippen molar-refractivity contribution in [2.75, 3.05) is 6.54 Å². The molecule has 0 aliphatic carbocycles. The largest absolute Gasteiger partial charge is 0.480 e. The third-order valence-electron chi connectivity index (χ3n) is 5.59. The van der Waals surface area contributed by atoms with Gasteiger partial charge in [0.15, 0.2) is 0 Å². The van der Waals surface area contributed by atoms with Crippen LogP contribution in [0, 0.1) is 0 Å². The van der Waals surface area contributed by atoms with Gasteiger partial charge in [0.25, 0.3) is 0 Å². The number of H-pyrrole nitrogens is 1. The molecule has 3 atom stereocenters. The number of amides is 3. The van der Waals surface area contributed by atoms with E-state index in [1.165, 1.54) is 6.33 Å². The Morgan fingerprint density at radius 3 is 1.97 bits per heavy atom. The maximum Gasteiger partial charge on any atom is 0.326 e. The summed E-state index contributed by atoms with van der Waals surface area (Å²) in [6.07, 6.45) is 3.45. The van der Waals surface area contributed by atoms with Crippen LogP contribution in [-0.4, -0.2) is 63.4 Å². The van der Waals surface area contributed by atoms with Crippen molar-refractivity contribution in [3.63, 3.8) is 0 Å². The fraction of sp³-hybridized carbons (Fsp3) is 0.269. The van der Waals surface area contributed by atoms with Crippen molar-refractivity contribution >= 4 is 23.7 Å². The van der Waals surface area contributed by atoms with E-state index in [1.807, 2.05) is 12.1 Å². The molecule has 3 unspecified atom stereocenters. The minimum atomic E-state index is -1.19. The smallest absolute Gasteiger partial charge is 0.326 e. The molecule has 0 aliphatic heterocycles. The molecule has 2 aromatic carbocycles. The molecule has 194 valence electrons. The molecule has 0 saturated heterocycles. The maximum absolute atomic E-state index is 13.1. The first-order valence-electron chi connectivity index (χ1n) is 11.7. The maximum atomic E-state index is 13.1. The van der Waals surface area contributed by atoms with E-state index in [-0.39, 0.29) is 19.3 Å². The molecule has 37 heavy (non-hydrogen) atoms. The van der Waals surface area contributed by atoms with E-state index in [4.69, 9.17) is 5.73 Å². The minimum Gasteiger partial charge on any atom is -0.480 e. The zero-order valence-corrected chi connectivity index (χ0v) is 20.1. The van der Waals surface area contributed by atoms with Crippen LogP contribution in [0.2, 0.25) is 0 Å². The number of carboxylic acid groups (broad SMARTS) is 1. The predicted octanol–water partition coefficient (Wildman–Crippen LogP) is -0.0647. The van der Waals surface area contributed by atoms with Crippen molar-refractivity contribution in [1.29, 1.82) is 0 Å². The molecule has 3 amide bonds. The molecule has 0 spiro atoms. The van der Waals surface area contributed by atoms with Crippen LogP contribution in [0.4, 0.5) is 0 Å². The van der Waals surface area contributed by atoms with Crippen LogP contribution in [-0.2, 0) is 38.4 Å². The summed E-state index contributed by atoms with van der Waals surface area (Å²) < 4.78 is 0. The predicted molar refractivity (Wildman–Crippen MR) is 135 cm³/mol. The lowest BCUT2D eigenvalue weighted by Gasteiger charge is -2.22. The number of hydrogen-bond donors (Lipinski definition) is 6. The Balaban J connectivity index is 1.62. The number of carboxylic acids is 1. The van der Waals surface area contributed by atoms with E-state index in [0.717, 1.165) is 11.1 Å². The second-order valence-electron chi connectivity index (χ2n) is 8.50. The Hall–Kier alpha value is -4.51. The number of carbonyl (C=O) groups is 4. The second kappa shape index (κ2) is 13.5. The number of nitrogens with one attached hydrogen (secondary N) is 4. The lowest BCUT2D eigenvalue weighted by Crippen LogP contribution is -2.55. The van der Waals surface area contributed by atoms with Gasteiger partial charge in [-0.2, -0.15) is 0 Å². The van der Waals surface area contributed by atoms with Gasteiger partial charge in [-0.1, -0.05) is 60.7 Å². The molecule has 0 saturated carbocycles. The zero-order chi connectivity index (χ0) is 26.6. The number of carbonyl (C=O) groups excluding carboxylic acids is 3. The van der Waals surface area contributed by atoms with Crippen LogP contribution in [0.5, 0.6) is 0 Å². The number of hydrogen-bond acceptors (Lipinski definition) is 6. The molecule has 11 heteroatoms. The zero-order valence-electron chi connectivity index (χ0n) is 20.1. The summed E-state index contributed by atoms with van der Waals surface area (Å²) in [5, 5.41) is 17.2. The molecule has 0 aliphatic rings. The van der Waals surface area contributed by atoms with Gasteiger partial charge in [-0.15, -0.1) is 0 Å². The molecule has 3 aromatic rings. The third kappa shape index (κ3) is 8.89. The summed E-state index contributed by atoms with van der Waals surface area (Å²) in [4.78, 5) is 56.6. The Bertz CT molecular complexity index is 1170. The van der Waals surface area contributed by atoms with Crippen LogP contribution in [0.3, 0.4) is 0 Å². The van der Waals surface area contributed by atoms with Gasteiger partial charge in [0.05, 0.1) is 18.9 Å². The van der Waals surface area contributed by atoms with E-state index in [2.05, 4.69) is 25.9 Å². The summed E-state index contributed by atoms with van der Waals surface area (Å²) in [5.74, 6) is -3.00. The number of nitrogens with zero attached hydrogens (tertiary/aromatic N) is 1. The second-order valence-corrected chi connectivity index (χ2v) is 8.50. The van der Waals surface area contributed by atoms with E-state index in [9.17, 15) is 24.3 Å². The number of rotatable bonds is 13. The number of imidazole rings is 1. The standard InChI is InChI=1S/C26H30N6O5/c27-20(13-19-14-28-16-30-19)24(34)29-15-23(33)31-21(11-17-7-3-1-4-8-17)25(35)32-22(26(36)37)12-18-9-5-2-6-10-18/h1-10,14,16,20-22H,11-13,15,27H2,(H,28,30)(H,29,34)(H,31,33)(H,32,35)(H,36,37). The van der Waals surface area contributed by atoms with Crippen molar-refractivity contribution in [3.8, 4) is 0 Å². The molecular weight excluding hydrogens is 476 g/mol. The van der Waals surface area contributed by atoms with E-state index in [1.54, 1.807) is 54.7 Å². The highest BCUT2D eigenvalue weighted by atomic mass is 16.4. The summed E-state index contributed by atoms with van der Waals surface area (Å²) in [5.41, 5.74) is 8.07. The SMILES string of the molecule is NC(Cc1cnc[nH]1)C(=O)NCC(=O)NC(Cc1ccccc1)C(=O)NC(Cc1ccccc1)C(=O)O. The molecule has 1 aromatic heterocycles. The average Bonchev–Trinajstić information content (AvgIpc) is 3.40. The van der Waals surface area contributed by atoms with E-state index in [0.29, 0.717) is 5.69 Å². The Labute approximate surface area is 213 Å². The van der Waals surface area contributed by atoms with Crippen LogP contribution in [0.25, 0.3) is 0 Å². The molecule has 11 nitrogen and oxygen atoms in total. The van der Waals surface area contributed by atoms with Crippen molar-refractivity contribution < 1.29 is 24.3 Å². The molecule has 7 N–H and O–H groups in total. The highest BCUT2D eigenvalue weighted by Crippen LogP contribution is 2.07. The number of nitrogens with two attached hydrogens (primary N) is 1. The quantitative estimate of drug-likeness (QED) is 0.188. The van der Waals surface area contributed by atoms with Gasteiger partial charge in [-0.05, 0) is 11.1 Å². The van der Waals surface area contributed by atoms with Crippen molar-refractivity contribution in [3.05, 3.63) is 90.0 Å². The molecule has 0 bridgehead atoms. The molecular formula is C26H30N6O5. The number of benzene rings is 2. The Kier molecular flexibility index (Phi) is 9.91. The number of aromatic amines is 1. The highest BCUT2D eigenvalue weighted by molar-refractivity contribution is 5.92. The highest BCUT2D eigenvalue weighted by Gasteiger charge is 2.27. The Morgan fingerprint density at radius 2 is 1.43 bits per heavy atom. The van der Waals surface area contributed by atoms with Gasteiger partial charge in [-0.25, -0.2) is 9.78 Å². The summed E-state index contributed by atoms with van der Waals surface area (Å²) >= 11 is 0. The molecule has 0 radical (unpaired) electrons. The monoisotopic (exact) mass is 506 g/mol. The molecule has 0 fully saturated rings. The average molecular weight is 507 g/mol. The summed E-state index contributed by atoms with van der Waals surface area (Å²) in [7, 11) is 0. The van der Waals surface area contributed by atoms with Crippen LogP contribution < -0.4 is 21.7 Å². The minimum absolute atomic E-state index is 0.0815. The van der Waals surface area contributed by atoms with Crippen LogP contribution >= 0.6 is 0 Å². The summed E-state index contributed by atoms with van der Waals surface area (Å²) in [6.45, 7) is -0.402. The first kappa shape index (κ1) is 27.1. The summed E-state index contributed by atoms with van der Waals surface area (Å²) in [6, 6.07) is 14.8. The number of aliphatic carboxylic acids is 1. The van der Waals surface area contributed by atoms with E-state index >= 15 is 0 Å². The van der Waals surface area contributed by atoms with Crippen LogP contribution in [0.1, 0.15) is 16.8 Å². The van der Waals surface area contributed by atoms with Crippen molar-refractivity contribution in [1.82, 2.24) is 25.9 Å². The number of aromatic nitrogens is 2. The molecule has 3 rings (SSSR count). The van der Waals surface area contributed by atoms with Gasteiger partial charge in [-0.3, -0.25) is 14.4 Å². The third-order valence-corrected chi connectivity index (χ3v) is 5.59. The van der Waals surface area contributed by atoms with E-state index < -0.39 is 48.4 Å². The van der Waals surface area contributed by atoms with Gasteiger partial charge < -0.3 is 31.8 Å². The first-order chi connectivity index (χ1) is 17.8. The fourth-order valence-electron chi connectivity index (χ4n) is 3.65. The van der Waals surface area contributed by atoms with Crippen molar-refractivity contribution in [2.45, 2.75) is 37.4 Å². The molecule has 1 heterocycles. The van der Waals surface area contributed by atoms with Gasteiger partial charge >= 0.3 is 5.97 Å². The van der Waals surface area contributed by atoms with Gasteiger partial charge in [0.2, 0.25) is 17.7 Å². The van der Waals surface area contributed by atoms with Crippen LogP contribution in [0.15, 0.2) is 73.2 Å². The lowest BCUT2D eigenvalue weighted by molar-refractivity contribution is -0.142. The Morgan fingerprint density at radius 1 is 0.838 bits per heavy atom. The lowest BCUT2D eigenvalue weighted by atomic mass is 10.0. The normalized spacial score (nSPS) is 13.1.